The van der Waals surface area contributed by atoms with E-state index < -0.39 is 0 Å². The summed E-state index contributed by atoms with van der Waals surface area (Å²) in [6.07, 6.45) is 3.03. The Morgan fingerprint density at radius 3 is 3.13 bits per heavy atom. The Morgan fingerprint density at radius 1 is 1.33 bits per heavy atom. The molecule has 2 rings (SSSR count). The van der Waals surface area contributed by atoms with Crippen LogP contribution in [-0.2, 0) is 11.2 Å². The average Bonchev–Trinajstić information content (AvgIpc) is 2.71. The minimum Gasteiger partial charge on any atom is -0.381 e. The Bertz CT molecular complexity index is 419. The molecule has 0 bridgehead atoms. The van der Waals surface area contributed by atoms with E-state index in [1.54, 1.807) is 11.3 Å². The summed E-state index contributed by atoms with van der Waals surface area (Å²) >= 11 is 1.79. The lowest BCUT2D eigenvalue weighted by Gasteiger charge is -2.02. The molecule has 0 spiro atoms. The van der Waals surface area contributed by atoms with E-state index in [1.807, 2.05) is 13.3 Å². The minimum atomic E-state index is 0.751. The van der Waals surface area contributed by atoms with Crippen molar-refractivity contribution in [3.63, 3.8) is 0 Å². The second-order valence-electron chi connectivity index (χ2n) is 3.53. The maximum Gasteiger partial charge on any atom is 0.0506 e. The summed E-state index contributed by atoms with van der Waals surface area (Å²) < 4.78 is 6.79. The van der Waals surface area contributed by atoms with Gasteiger partial charge in [-0.05, 0) is 41.3 Å². The first kappa shape index (κ1) is 10.7. The van der Waals surface area contributed by atoms with Gasteiger partial charge in [-0.15, -0.1) is 11.3 Å². The number of rotatable bonds is 5. The van der Waals surface area contributed by atoms with Gasteiger partial charge in [0, 0.05) is 11.3 Å². The first-order chi connectivity index (χ1) is 7.40. The number of hydrogen-bond acceptors (Lipinski definition) is 2. The van der Waals surface area contributed by atoms with Crippen LogP contribution in [-0.4, -0.2) is 13.2 Å². The molecule has 79 valence electrons. The van der Waals surface area contributed by atoms with E-state index in [0.29, 0.717) is 0 Å². The molecular weight excluding hydrogens is 204 g/mol. The van der Waals surface area contributed by atoms with Crippen LogP contribution in [0.1, 0.15) is 12.5 Å². The van der Waals surface area contributed by atoms with Crippen molar-refractivity contribution in [2.75, 3.05) is 13.2 Å². The van der Waals surface area contributed by atoms with Crippen LogP contribution in [0.3, 0.4) is 0 Å². The van der Waals surface area contributed by atoms with E-state index in [1.165, 1.54) is 15.6 Å². The summed E-state index contributed by atoms with van der Waals surface area (Å²) in [4.78, 5) is 0. The quantitative estimate of drug-likeness (QED) is 0.697. The monoisotopic (exact) mass is 219 g/mol. The van der Waals surface area contributed by atoms with Crippen molar-refractivity contribution >= 4 is 21.4 Å². The van der Waals surface area contributed by atoms with Gasteiger partial charge in [0.05, 0.1) is 6.61 Å². The number of ether oxygens (including phenoxy) is 1. The Labute approximate surface area is 94.7 Å². The molecule has 0 unspecified atom stereocenters. The van der Waals surface area contributed by atoms with Crippen molar-refractivity contribution in [2.45, 2.75) is 13.3 Å². The fraction of sp³-hybridized carbons (Fsp3) is 0.308. The second kappa shape index (κ2) is 5.29. The van der Waals surface area contributed by atoms with E-state index in [0.717, 1.165) is 19.6 Å². The molecule has 15 heavy (non-hydrogen) atoms. The largest absolute Gasteiger partial charge is 0.381 e. The summed E-state index contributed by atoms with van der Waals surface area (Å²) in [5.74, 6) is 0. The minimum absolute atomic E-state index is 0.751. The molecule has 0 atom stereocenters. The lowest BCUT2D eigenvalue weighted by molar-refractivity contribution is 0.157. The van der Waals surface area contributed by atoms with Gasteiger partial charge in [0.1, 0.15) is 0 Å². The van der Waals surface area contributed by atoms with Crippen molar-refractivity contribution in [3.05, 3.63) is 41.6 Å². The third-order valence-corrected chi connectivity index (χ3v) is 3.23. The normalized spacial score (nSPS) is 11.0. The van der Waals surface area contributed by atoms with Gasteiger partial charge < -0.3 is 4.74 Å². The molecule has 1 nitrogen and oxygen atoms in total. The second-order valence-corrected chi connectivity index (χ2v) is 4.47. The molecule has 1 radical (unpaired) electrons. The molecule has 1 aromatic heterocycles. The summed E-state index contributed by atoms with van der Waals surface area (Å²) in [6, 6.07) is 8.81. The standard InChI is InChI=1S/C13H15OS/c1-2-7-14-8-5-11-3-4-13-12(10-11)6-9-15-13/h2-4,6,9-10H,5,7-8H2,1H3. The molecule has 0 aliphatic rings. The number of thiophene rings is 1. The SMILES string of the molecule is C[CH]COCCc1ccc2sccc2c1. The van der Waals surface area contributed by atoms with Crippen LogP contribution in [0.15, 0.2) is 29.6 Å². The molecule has 0 aliphatic carbocycles. The highest BCUT2D eigenvalue weighted by molar-refractivity contribution is 7.17. The molecule has 1 aromatic carbocycles. The van der Waals surface area contributed by atoms with Crippen LogP contribution in [0.2, 0.25) is 0 Å². The van der Waals surface area contributed by atoms with Gasteiger partial charge in [0.2, 0.25) is 0 Å². The smallest absolute Gasteiger partial charge is 0.0506 e. The Hall–Kier alpha value is -0.860. The van der Waals surface area contributed by atoms with Gasteiger partial charge in [-0.3, -0.25) is 0 Å². The van der Waals surface area contributed by atoms with Gasteiger partial charge in [0.15, 0.2) is 0 Å². The molecular formula is C13H15OS. The molecule has 0 fully saturated rings. The zero-order valence-corrected chi connectivity index (χ0v) is 9.72. The number of hydrogen-bond donors (Lipinski definition) is 0. The van der Waals surface area contributed by atoms with E-state index >= 15 is 0 Å². The van der Waals surface area contributed by atoms with Crippen LogP contribution in [0.4, 0.5) is 0 Å². The third-order valence-electron chi connectivity index (χ3n) is 2.34. The Morgan fingerprint density at radius 2 is 2.27 bits per heavy atom. The van der Waals surface area contributed by atoms with Gasteiger partial charge in [0.25, 0.3) is 0 Å². The van der Waals surface area contributed by atoms with E-state index in [-0.39, 0.29) is 0 Å². The van der Waals surface area contributed by atoms with Gasteiger partial charge in [-0.2, -0.15) is 0 Å². The molecule has 0 saturated carbocycles. The fourth-order valence-corrected chi connectivity index (χ4v) is 2.33. The van der Waals surface area contributed by atoms with Crippen molar-refractivity contribution < 1.29 is 4.74 Å². The molecule has 0 saturated heterocycles. The summed E-state index contributed by atoms with van der Waals surface area (Å²) in [5, 5.41) is 3.48. The van der Waals surface area contributed by atoms with Crippen molar-refractivity contribution in [1.82, 2.24) is 0 Å². The Kier molecular flexibility index (Phi) is 3.75. The summed E-state index contributed by atoms with van der Waals surface area (Å²) in [5.41, 5.74) is 1.36. The zero-order chi connectivity index (χ0) is 10.5. The first-order valence-electron chi connectivity index (χ1n) is 5.22. The molecule has 2 heteroatoms. The highest BCUT2D eigenvalue weighted by Gasteiger charge is 1.97. The molecule has 0 amide bonds. The predicted molar refractivity (Wildman–Crippen MR) is 66.3 cm³/mol. The lowest BCUT2D eigenvalue weighted by atomic mass is 10.1. The van der Waals surface area contributed by atoms with Crippen LogP contribution in [0.5, 0.6) is 0 Å². The number of benzene rings is 1. The molecule has 2 aromatic rings. The van der Waals surface area contributed by atoms with Gasteiger partial charge in [-0.25, -0.2) is 0 Å². The molecule has 0 aliphatic heterocycles. The van der Waals surface area contributed by atoms with Crippen LogP contribution in [0, 0.1) is 6.42 Å². The van der Waals surface area contributed by atoms with E-state index in [9.17, 15) is 0 Å². The first-order valence-corrected chi connectivity index (χ1v) is 6.10. The van der Waals surface area contributed by atoms with Crippen molar-refractivity contribution in [1.29, 1.82) is 0 Å². The summed E-state index contributed by atoms with van der Waals surface area (Å²) in [7, 11) is 0. The zero-order valence-electron chi connectivity index (χ0n) is 8.90. The summed E-state index contributed by atoms with van der Waals surface area (Å²) in [6.45, 7) is 3.57. The lowest BCUT2D eigenvalue weighted by Crippen LogP contribution is -1.99. The highest BCUT2D eigenvalue weighted by Crippen LogP contribution is 2.21. The Balaban J connectivity index is 1.96. The highest BCUT2D eigenvalue weighted by atomic mass is 32.1. The predicted octanol–water partition coefficient (Wildman–Crippen LogP) is 3.68. The van der Waals surface area contributed by atoms with Crippen LogP contribution >= 0.6 is 11.3 Å². The van der Waals surface area contributed by atoms with Gasteiger partial charge >= 0.3 is 0 Å². The van der Waals surface area contributed by atoms with Gasteiger partial charge in [-0.1, -0.05) is 19.1 Å². The maximum absolute atomic E-state index is 5.43. The van der Waals surface area contributed by atoms with E-state index in [2.05, 4.69) is 29.6 Å². The fourth-order valence-electron chi connectivity index (χ4n) is 1.56. The van der Waals surface area contributed by atoms with Crippen molar-refractivity contribution in [3.8, 4) is 0 Å². The molecule has 1 heterocycles. The average molecular weight is 219 g/mol. The van der Waals surface area contributed by atoms with Crippen LogP contribution in [0.25, 0.3) is 10.1 Å². The van der Waals surface area contributed by atoms with E-state index in [4.69, 9.17) is 4.74 Å². The third kappa shape index (κ3) is 2.80. The number of fused-ring (bicyclic) bond motifs is 1. The molecule has 0 N–H and O–H groups in total. The topological polar surface area (TPSA) is 9.23 Å². The van der Waals surface area contributed by atoms with Crippen molar-refractivity contribution in [2.24, 2.45) is 0 Å². The maximum atomic E-state index is 5.43. The van der Waals surface area contributed by atoms with Crippen LogP contribution < -0.4 is 0 Å².